The highest BCUT2D eigenvalue weighted by molar-refractivity contribution is 9.10. The van der Waals surface area contributed by atoms with Crippen molar-refractivity contribution in [1.82, 2.24) is 9.55 Å². The van der Waals surface area contributed by atoms with Crippen molar-refractivity contribution in [2.24, 2.45) is 5.41 Å². The summed E-state index contributed by atoms with van der Waals surface area (Å²) in [5.74, 6) is 0.352. The Balaban J connectivity index is 2.60. The summed E-state index contributed by atoms with van der Waals surface area (Å²) in [6.07, 6.45) is 0.706. The molecule has 0 fully saturated rings. The lowest BCUT2D eigenvalue weighted by molar-refractivity contribution is 0.0518. The minimum absolute atomic E-state index is 0.0209. The van der Waals surface area contributed by atoms with E-state index in [0.717, 1.165) is 11.5 Å². The molecule has 1 aromatic heterocycles. The second-order valence-corrected chi connectivity index (χ2v) is 7.63. The fourth-order valence-electron chi connectivity index (χ4n) is 2.24. The summed E-state index contributed by atoms with van der Waals surface area (Å²) < 4.78 is 7.58. The molecule has 4 nitrogen and oxygen atoms in total. The number of rotatable bonds is 4. The number of hydrogen-bond acceptors (Lipinski definition) is 3. The molecule has 124 valence electrons. The number of carbonyl (C=O) groups excluding carboxylic acids is 1. The van der Waals surface area contributed by atoms with Crippen molar-refractivity contribution < 1.29 is 9.53 Å². The molecule has 0 atom stereocenters. The third-order valence-corrected chi connectivity index (χ3v) is 4.08. The normalized spacial score (nSPS) is 11.6. The smallest absolute Gasteiger partial charge is 0.359 e. The lowest BCUT2D eigenvalue weighted by Crippen LogP contribution is -2.14. The minimum Gasteiger partial charge on any atom is -0.461 e. The number of esters is 1. The molecule has 0 aliphatic rings. The van der Waals surface area contributed by atoms with Gasteiger partial charge in [0.05, 0.1) is 6.61 Å². The van der Waals surface area contributed by atoms with Crippen LogP contribution in [-0.4, -0.2) is 22.1 Å². The van der Waals surface area contributed by atoms with Crippen LogP contribution in [-0.2, 0) is 11.2 Å². The maximum Gasteiger partial charge on any atom is 0.359 e. The van der Waals surface area contributed by atoms with Crippen LogP contribution in [0.4, 0.5) is 0 Å². The van der Waals surface area contributed by atoms with Gasteiger partial charge in [0.15, 0.2) is 5.69 Å². The van der Waals surface area contributed by atoms with Crippen LogP contribution in [0.15, 0.2) is 28.9 Å². The lowest BCUT2D eigenvalue weighted by atomic mass is 9.92. The number of hydrogen-bond donors (Lipinski definition) is 0. The topological polar surface area (TPSA) is 44.1 Å². The maximum atomic E-state index is 12.1. The van der Waals surface area contributed by atoms with E-state index < -0.39 is 5.97 Å². The molecule has 0 unspecified atom stereocenters. The fourth-order valence-corrected chi connectivity index (χ4v) is 3.09. The van der Waals surface area contributed by atoms with Crippen LogP contribution in [0.3, 0.4) is 0 Å². The first-order valence-corrected chi connectivity index (χ1v) is 8.60. The van der Waals surface area contributed by atoms with Crippen LogP contribution in [0.2, 0.25) is 5.02 Å². The second-order valence-electron chi connectivity index (χ2n) is 6.44. The van der Waals surface area contributed by atoms with Gasteiger partial charge in [-0.05, 0) is 46.5 Å². The van der Waals surface area contributed by atoms with Crippen LogP contribution in [0.25, 0.3) is 5.69 Å². The van der Waals surface area contributed by atoms with E-state index in [-0.39, 0.29) is 11.1 Å². The molecule has 1 aromatic carbocycles. The molecule has 2 aromatic rings. The zero-order valence-corrected chi connectivity index (χ0v) is 16.0. The third-order valence-electron chi connectivity index (χ3n) is 3.11. The Labute approximate surface area is 149 Å². The van der Waals surface area contributed by atoms with Crippen molar-refractivity contribution >= 4 is 33.5 Å². The van der Waals surface area contributed by atoms with E-state index in [1.54, 1.807) is 6.92 Å². The lowest BCUT2D eigenvalue weighted by Gasteiger charge is -2.19. The first-order valence-electron chi connectivity index (χ1n) is 7.43. The molecule has 0 aliphatic heterocycles. The highest BCUT2D eigenvalue weighted by atomic mass is 79.9. The average Bonchev–Trinajstić information content (AvgIpc) is 2.73. The Kier molecular flexibility index (Phi) is 5.53. The van der Waals surface area contributed by atoms with Gasteiger partial charge < -0.3 is 4.74 Å². The molecular weight excluding hydrogens is 380 g/mol. The van der Waals surface area contributed by atoms with Gasteiger partial charge in [-0.25, -0.2) is 9.78 Å². The highest BCUT2D eigenvalue weighted by Crippen LogP contribution is 2.30. The molecular formula is C17H20BrClN2O2. The van der Waals surface area contributed by atoms with Gasteiger partial charge in [0, 0.05) is 17.1 Å². The molecule has 0 saturated carbocycles. The van der Waals surface area contributed by atoms with Gasteiger partial charge >= 0.3 is 5.97 Å². The number of nitrogens with zero attached hydrogens (tertiary/aromatic N) is 2. The Hall–Kier alpha value is -1.33. The maximum absolute atomic E-state index is 12.1. The van der Waals surface area contributed by atoms with Crippen LogP contribution < -0.4 is 0 Å². The van der Waals surface area contributed by atoms with Gasteiger partial charge in [-0.1, -0.05) is 38.4 Å². The second kappa shape index (κ2) is 7.05. The Bertz CT molecular complexity index is 720. The van der Waals surface area contributed by atoms with E-state index in [1.165, 1.54) is 0 Å². The standard InChI is InChI=1S/C17H20BrClN2O2/c1-5-23-16(22)14-15(18)21(12-8-6-7-11(19)9-12)13(20-14)10-17(2,3)4/h6-9H,5,10H2,1-4H3. The number of benzene rings is 1. The number of ether oxygens (including phenoxy) is 1. The van der Waals surface area contributed by atoms with E-state index in [1.807, 2.05) is 28.8 Å². The summed E-state index contributed by atoms with van der Waals surface area (Å²) in [4.78, 5) is 16.7. The monoisotopic (exact) mass is 398 g/mol. The molecule has 0 N–H and O–H groups in total. The van der Waals surface area contributed by atoms with Crippen molar-refractivity contribution in [2.75, 3.05) is 6.61 Å². The van der Waals surface area contributed by atoms with Crippen molar-refractivity contribution in [1.29, 1.82) is 0 Å². The van der Waals surface area contributed by atoms with E-state index >= 15 is 0 Å². The molecule has 0 radical (unpaired) electrons. The van der Waals surface area contributed by atoms with Gasteiger partial charge in [0.25, 0.3) is 0 Å². The molecule has 0 amide bonds. The molecule has 6 heteroatoms. The quantitative estimate of drug-likeness (QED) is 0.675. The Morgan fingerprint density at radius 2 is 2.09 bits per heavy atom. The van der Waals surface area contributed by atoms with Crippen LogP contribution in [0.5, 0.6) is 0 Å². The number of carbonyl (C=O) groups is 1. The van der Waals surface area contributed by atoms with Gasteiger partial charge in [-0.15, -0.1) is 0 Å². The van der Waals surface area contributed by atoms with Gasteiger partial charge in [-0.3, -0.25) is 4.57 Å². The molecule has 1 heterocycles. The van der Waals surface area contributed by atoms with Crippen LogP contribution >= 0.6 is 27.5 Å². The van der Waals surface area contributed by atoms with Crippen molar-refractivity contribution in [2.45, 2.75) is 34.1 Å². The van der Waals surface area contributed by atoms with E-state index in [4.69, 9.17) is 16.3 Å². The van der Waals surface area contributed by atoms with E-state index in [2.05, 4.69) is 41.7 Å². The SMILES string of the molecule is CCOC(=O)c1nc(CC(C)(C)C)n(-c2cccc(Cl)c2)c1Br. The van der Waals surface area contributed by atoms with E-state index in [0.29, 0.717) is 22.7 Å². The van der Waals surface area contributed by atoms with E-state index in [9.17, 15) is 4.79 Å². The molecule has 23 heavy (non-hydrogen) atoms. The molecule has 0 saturated heterocycles. The molecule has 0 bridgehead atoms. The molecule has 0 spiro atoms. The van der Waals surface area contributed by atoms with Gasteiger partial charge in [-0.2, -0.15) is 0 Å². The average molecular weight is 400 g/mol. The van der Waals surface area contributed by atoms with Crippen molar-refractivity contribution in [3.05, 3.63) is 45.4 Å². The largest absolute Gasteiger partial charge is 0.461 e. The summed E-state index contributed by atoms with van der Waals surface area (Å²) in [5, 5.41) is 0.627. The van der Waals surface area contributed by atoms with Crippen molar-refractivity contribution in [3.63, 3.8) is 0 Å². The summed E-state index contributed by atoms with van der Waals surface area (Å²) in [6.45, 7) is 8.46. The predicted octanol–water partition coefficient (Wildman–Crippen LogP) is 5.05. The van der Waals surface area contributed by atoms with Gasteiger partial charge in [0.2, 0.25) is 0 Å². The number of halogens is 2. The highest BCUT2D eigenvalue weighted by Gasteiger charge is 2.25. The molecule has 0 aliphatic carbocycles. The third kappa shape index (κ3) is 4.36. The Morgan fingerprint density at radius 3 is 2.65 bits per heavy atom. The molecule has 2 rings (SSSR count). The summed E-state index contributed by atoms with van der Waals surface area (Å²) >= 11 is 9.61. The number of aromatic nitrogens is 2. The summed E-state index contributed by atoms with van der Waals surface area (Å²) in [7, 11) is 0. The summed E-state index contributed by atoms with van der Waals surface area (Å²) in [5.41, 5.74) is 1.16. The number of imidazole rings is 1. The zero-order chi connectivity index (χ0) is 17.2. The zero-order valence-electron chi connectivity index (χ0n) is 13.7. The minimum atomic E-state index is -0.435. The fraction of sp³-hybridized carbons (Fsp3) is 0.412. The van der Waals surface area contributed by atoms with Crippen LogP contribution in [0.1, 0.15) is 44.0 Å². The first-order chi connectivity index (χ1) is 10.7. The first kappa shape index (κ1) is 18.0. The van der Waals surface area contributed by atoms with Gasteiger partial charge in [0.1, 0.15) is 10.4 Å². The Morgan fingerprint density at radius 1 is 1.39 bits per heavy atom. The predicted molar refractivity (Wildman–Crippen MR) is 95.4 cm³/mol. The van der Waals surface area contributed by atoms with Crippen molar-refractivity contribution in [3.8, 4) is 5.69 Å². The summed E-state index contributed by atoms with van der Waals surface area (Å²) in [6, 6.07) is 7.45. The van der Waals surface area contributed by atoms with Crippen LogP contribution in [0, 0.1) is 5.41 Å².